The van der Waals surface area contributed by atoms with Crippen molar-refractivity contribution in [2.24, 2.45) is 0 Å². The fraction of sp³-hybridized carbons (Fsp3) is 0.214. The number of fused-ring (bicyclic) bond motifs is 5. The van der Waals surface area contributed by atoms with Crippen molar-refractivity contribution in [3.8, 4) is 23.1 Å². The summed E-state index contributed by atoms with van der Waals surface area (Å²) < 4.78 is 12.0. The Hall–Kier alpha value is -3.95. The van der Waals surface area contributed by atoms with E-state index >= 15 is 0 Å². The minimum atomic E-state index is -0.609. The molecule has 0 unspecified atom stereocenters. The number of nitrogens with zero attached hydrogens (tertiary/aromatic N) is 3. The molecule has 0 amide bonds. The molecule has 6 rings (SSSR count). The largest absolute Gasteiger partial charge is 0.492 e. The minimum absolute atomic E-state index is 0.0629. The molecule has 0 atom stereocenters. The SMILES string of the molecule is N#Cc1c(N2CCN(c3ccc(Cl)cc3)CC2)c2c(oc1=O)-c1ccc3ccccc3c1OCC2. The van der Waals surface area contributed by atoms with Crippen LogP contribution in [0.25, 0.3) is 22.1 Å². The van der Waals surface area contributed by atoms with E-state index in [1.165, 1.54) is 0 Å². The third-order valence-electron chi connectivity index (χ3n) is 6.82. The summed E-state index contributed by atoms with van der Waals surface area (Å²) in [6.07, 6.45) is 0.545. The standard InChI is InChI=1S/C28H22ClN3O3/c29-19-6-8-20(9-7-19)31-12-14-32(15-13-31)25-22-11-16-34-26-21-4-2-1-3-18(21)5-10-23(26)27(22)35-28(33)24(25)17-30/h1-10H,11-16H2. The topological polar surface area (TPSA) is 69.7 Å². The van der Waals surface area contributed by atoms with Gasteiger partial charge in [-0.05, 0) is 35.7 Å². The Morgan fingerprint density at radius 2 is 1.66 bits per heavy atom. The van der Waals surface area contributed by atoms with E-state index in [9.17, 15) is 10.1 Å². The molecule has 0 aliphatic carbocycles. The van der Waals surface area contributed by atoms with Crippen LogP contribution < -0.4 is 20.2 Å². The Kier molecular flexibility index (Phi) is 5.35. The summed E-state index contributed by atoms with van der Waals surface area (Å²) in [4.78, 5) is 17.4. The van der Waals surface area contributed by atoms with E-state index in [4.69, 9.17) is 20.8 Å². The van der Waals surface area contributed by atoms with Crippen molar-refractivity contribution in [1.29, 1.82) is 5.26 Å². The van der Waals surface area contributed by atoms with E-state index in [1.54, 1.807) is 0 Å². The van der Waals surface area contributed by atoms with Crippen LogP contribution in [0.4, 0.5) is 11.4 Å². The fourth-order valence-electron chi connectivity index (χ4n) is 5.13. The van der Waals surface area contributed by atoms with Crippen molar-refractivity contribution in [3.63, 3.8) is 0 Å². The molecule has 0 spiro atoms. The maximum Gasteiger partial charge on any atom is 0.356 e. The lowest BCUT2D eigenvalue weighted by atomic mass is 9.98. The second-order valence-corrected chi connectivity index (χ2v) is 9.18. The van der Waals surface area contributed by atoms with E-state index in [0.29, 0.717) is 48.3 Å². The normalized spacial score (nSPS) is 15.1. The second-order valence-electron chi connectivity index (χ2n) is 8.74. The van der Waals surface area contributed by atoms with Crippen LogP contribution in [0.3, 0.4) is 0 Å². The number of anilines is 2. The predicted molar refractivity (Wildman–Crippen MR) is 138 cm³/mol. The molecule has 0 N–H and O–H groups in total. The van der Waals surface area contributed by atoms with Crippen molar-refractivity contribution in [1.82, 2.24) is 0 Å². The molecule has 1 aromatic heterocycles. The van der Waals surface area contributed by atoms with Gasteiger partial charge in [0.15, 0.2) is 5.56 Å². The zero-order chi connectivity index (χ0) is 23.9. The highest BCUT2D eigenvalue weighted by atomic mass is 35.5. The van der Waals surface area contributed by atoms with Crippen LogP contribution in [-0.2, 0) is 6.42 Å². The van der Waals surface area contributed by atoms with Crippen LogP contribution in [0.15, 0.2) is 69.9 Å². The number of benzene rings is 3. The van der Waals surface area contributed by atoms with Gasteiger partial charge in [-0.15, -0.1) is 0 Å². The molecule has 3 aromatic carbocycles. The molecular weight excluding hydrogens is 462 g/mol. The molecule has 174 valence electrons. The Balaban J connectivity index is 1.43. The first-order valence-corrected chi connectivity index (χ1v) is 12.0. The summed E-state index contributed by atoms with van der Waals surface area (Å²) in [6, 6.07) is 21.9. The van der Waals surface area contributed by atoms with E-state index in [0.717, 1.165) is 40.7 Å². The zero-order valence-electron chi connectivity index (χ0n) is 19.0. The molecule has 35 heavy (non-hydrogen) atoms. The molecule has 4 aromatic rings. The van der Waals surface area contributed by atoms with Gasteiger partial charge in [0, 0.05) is 54.3 Å². The third-order valence-corrected chi connectivity index (χ3v) is 7.07. The molecule has 2 aliphatic rings. The van der Waals surface area contributed by atoms with Crippen molar-refractivity contribution in [2.75, 3.05) is 42.6 Å². The molecule has 2 aliphatic heterocycles. The summed E-state index contributed by atoms with van der Waals surface area (Å²) in [6.45, 7) is 3.32. The first kappa shape index (κ1) is 21.6. The van der Waals surface area contributed by atoms with Crippen LogP contribution in [0.1, 0.15) is 11.1 Å². The van der Waals surface area contributed by atoms with Gasteiger partial charge >= 0.3 is 5.63 Å². The van der Waals surface area contributed by atoms with Gasteiger partial charge in [-0.25, -0.2) is 4.79 Å². The van der Waals surface area contributed by atoms with E-state index in [2.05, 4.69) is 15.9 Å². The average Bonchev–Trinajstić information content (AvgIpc) is 3.08. The number of nitriles is 1. The lowest BCUT2D eigenvalue weighted by Gasteiger charge is -2.38. The highest BCUT2D eigenvalue weighted by molar-refractivity contribution is 6.30. The summed E-state index contributed by atoms with van der Waals surface area (Å²) in [5.74, 6) is 1.22. The van der Waals surface area contributed by atoms with Crippen LogP contribution in [0.2, 0.25) is 5.02 Å². The van der Waals surface area contributed by atoms with Gasteiger partial charge < -0.3 is 19.0 Å². The van der Waals surface area contributed by atoms with Gasteiger partial charge in [0.2, 0.25) is 0 Å². The molecule has 7 heteroatoms. The number of ether oxygens (including phenoxy) is 1. The molecule has 6 nitrogen and oxygen atoms in total. The summed E-state index contributed by atoms with van der Waals surface area (Å²) in [5, 5.41) is 12.6. The molecular formula is C28H22ClN3O3. The Morgan fingerprint density at radius 3 is 2.43 bits per heavy atom. The number of rotatable bonds is 2. The van der Waals surface area contributed by atoms with Gasteiger partial charge in [-0.2, -0.15) is 5.26 Å². The highest BCUT2D eigenvalue weighted by Gasteiger charge is 2.30. The van der Waals surface area contributed by atoms with Crippen LogP contribution in [0, 0.1) is 11.3 Å². The predicted octanol–water partition coefficient (Wildman–Crippen LogP) is 5.25. The van der Waals surface area contributed by atoms with Gasteiger partial charge in [0.25, 0.3) is 0 Å². The maximum absolute atomic E-state index is 13.0. The second kappa shape index (κ2) is 8.68. The van der Waals surface area contributed by atoms with Crippen LogP contribution in [0.5, 0.6) is 5.75 Å². The quantitative estimate of drug-likeness (QED) is 0.388. The van der Waals surface area contributed by atoms with E-state index in [1.807, 2.05) is 60.7 Å². The zero-order valence-corrected chi connectivity index (χ0v) is 19.7. The van der Waals surface area contributed by atoms with E-state index in [-0.39, 0.29) is 5.56 Å². The average molecular weight is 484 g/mol. The lowest BCUT2D eigenvalue weighted by molar-refractivity contribution is 0.330. The number of halogens is 1. The van der Waals surface area contributed by atoms with Gasteiger partial charge in [-0.3, -0.25) is 0 Å². The van der Waals surface area contributed by atoms with Crippen LogP contribution >= 0.6 is 11.6 Å². The maximum atomic E-state index is 13.0. The Morgan fingerprint density at radius 1 is 0.914 bits per heavy atom. The van der Waals surface area contributed by atoms with Crippen molar-refractivity contribution >= 4 is 33.7 Å². The third kappa shape index (κ3) is 3.69. The summed E-state index contributed by atoms with van der Waals surface area (Å²) in [5.41, 5.74) is 2.85. The minimum Gasteiger partial charge on any atom is -0.492 e. The molecule has 3 heterocycles. The molecule has 1 fully saturated rings. The van der Waals surface area contributed by atoms with Gasteiger partial charge in [0.1, 0.15) is 17.6 Å². The number of hydrogen-bond acceptors (Lipinski definition) is 6. The first-order chi connectivity index (χ1) is 17.1. The molecule has 0 saturated carbocycles. The van der Waals surface area contributed by atoms with Crippen molar-refractivity contribution in [3.05, 3.63) is 87.2 Å². The van der Waals surface area contributed by atoms with Crippen molar-refractivity contribution in [2.45, 2.75) is 6.42 Å². The fourth-order valence-corrected chi connectivity index (χ4v) is 5.26. The monoisotopic (exact) mass is 483 g/mol. The number of hydrogen-bond donors (Lipinski definition) is 0. The van der Waals surface area contributed by atoms with E-state index < -0.39 is 5.63 Å². The molecule has 0 bridgehead atoms. The van der Waals surface area contributed by atoms with Crippen LogP contribution in [-0.4, -0.2) is 32.8 Å². The van der Waals surface area contributed by atoms with Gasteiger partial charge in [-0.1, -0.05) is 41.9 Å². The lowest BCUT2D eigenvalue weighted by Crippen LogP contribution is -2.47. The summed E-state index contributed by atoms with van der Waals surface area (Å²) in [7, 11) is 0. The van der Waals surface area contributed by atoms with Gasteiger partial charge in [0.05, 0.1) is 17.9 Å². The highest BCUT2D eigenvalue weighted by Crippen LogP contribution is 2.43. The number of piperazine rings is 1. The molecule has 0 radical (unpaired) electrons. The first-order valence-electron chi connectivity index (χ1n) is 11.6. The van der Waals surface area contributed by atoms with Crippen molar-refractivity contribution < 1.29 is 9.15 Å². The molecule has 1 saturated heterocycles. The summed E-state index contributed by atoms with van der Waals surface area (Å²) >= 11 is 6.04. The smallest absolute Gasteiger partial charge is 0.356 e. The Labute approximate surface area is 207 Å². The Bertz CT molecular complexity index is 1530.